The topological polar surface area (TPSA) is 20.7 Å². The molecule has 1 aromatic heterocycles. The molecule has 0 saturated carbocycles. The molecule has 0 bridgehead atoms. The molecule has 0 aliphatic rings. The van der Waals surface area contributed by atoms with Gasteiger partial charge in [0.15, 0.2) is 4.77 Å². The summed E-state index contributed by atoms with van der Waals surface area (Å²) < 4.78 is 17.5. The van der Waals surface area contributed by atoms with Crippen LogP contribution >= 0.6 is 44.1 Å². The second-order valence-corrected chi connectivity index (χ2v) is 7.06. The smallest absolute Gasteiger partial charge is 0.182 e. The van der Waals surface area contributed by atoms with Gasteiger partial charge >= 0.3 is 0 Å². The molecule has 21 heavy (non-hydrogen) atoms. The summed E-state index contributed by atoms with van der Waals surface area (Å²) in [7, 11) is 0. The number of H-pyrrole nitrogens is 1. The summed E-state index contributed by atoms with van der Waals surface area (Å²) >= 11 is 12.3. The molecule has 3 rings (SSSR count). The van der Waals surface area contributed by atoms with Crippen molar-refractivity contribution in [3.05, 3.63) is 54.9 Å². The highest BCUT2D eigenvalue weighted by Gasteiger charge is 2.14. The Bertz CT molecular complexity index is 904. The Morgan fingerprint density at radius 2 is 1.81 bits per heavy atom. The van der Waals surface area contributed by atoms with Crippen LogP contribution in [0.4, 0.5) is 4.39 Å². The van der Waals surface area contributed by atoms with E-state index >= 15 is 0 Å². The number of fused-ring (bicyclic) bond motifs is 1. The summed E-state index contributed by atoms with van der Waals surface area (Å²) in [6.07, 6.45) is 0. The van der Waals surface area contributed by atoms with E-state index in [-0.39, 0.29) is 5.82 Å². The van der Waals surface area contributed by atoms with Crippen LogP contribution in [-0.2, 0) is 0 Å². The average molecular weight is 430 g/mol. The van der Waals surface area contributed by atoms with Gasteiger partial charge in [-0.15, -0.1) is 0 Å². The van der Waals surface area contributed by atoms with E-state index in [2.05, 4.69) is 42.9 Å². The van der Waals surface area contributed by atoms with Gasteiger partial charge < -0.3 is 4.98 Å². The summed E-state index contributed by atoms with van der Waals surface area (Å²) in [4.78, 5) is 3.06. The van der Waals surface area contributed by atoms with Crippen molar-refractivity contribution in [2.24, 2.45) is 0 Å². The molecule has 1 heterocycles. The molecule has 2 aromatic carbocycles. The highest BCUT2D eigenvalue weighted by Crippen LogP contribution is 2.31. The average Bonchev–Trinajstić information content (AvgIpc) is 2.66. The number of imidazole rings is 1. The minimum Gasteiger partial charge on any atom is -0.330 e. The summed E-state index contributed by atoms with van der Waals surface area (Å²) in [6, 6.07) is 7.33. The van der Waals surface area contributed by atoms with Crippen LogP contribution in [0.15, 0.2) is 33.2 Å². The monoisotopic (exact) mass is 428 g/mol. The van der Waals surface area contributed by atoms with Crippen molar-refractivity contribution in [2.45, 2.75) is 13.8 Å². The number of rotatable bonds is 1. The fourth-order valence-corrected chi connectivity index (χ4v) is 4.00. The molecule has 0 atom stereocenters. The first-order chi connectivity index (χ1) is 9.88. The van der Waals surface area contributed by atoms with E-state index in [9.17, 15) is 4.39 Å². The Hall–Kier alpha value is -0.980. The van der Waals surface area contributed by atoms with Crippen LogP contribution in [0.5, 0.6) is 0 Å². The molecular weight excluding hydrogens is 419 g/mol. The molecule has 0 saturated heterocycles. The van der Waals surface area contributed by atoms with Crippen molar-refractivity contribution in [3.8, 4) is 5.69 Å². The van der Waals surface area contributed by atoms with Crippen molar-refractivity contribution in [2.75, 3.05) is 0 Å². The minimum atomic E-state index is -0.314. The third-order valence-electron chi connectivity index (χ3n) is 3.35. The van der Waals surface area contributed by atoms with Crippen LogP contribution in [0.2, 0.25) is 0 Å². The van der Waals surface area contributed by atoms with Crippen LogP contribution in [0.25, 0.3) is 16.7 Å². The van der Waals surface area contributed by atoms with E-state index < -0.39 is 0 Å². The van der Waals surface area contributed by atoms with Crippen molar-refractivity contribution < 1.29 is 4.39 Å². The third-order valence-corrected chi connectivity index (χ3v) is 4.84. The van der Waals surface area contributed by atoms with Gasteiger partial charge in [0.1, 0.15) is 5.82 Å². The molecule has 3 aromatic rings. The van der Waals surface area contributed by atoms with E-state index in [1.807, 2.05) is 24.5 Å². The quantitative estimate of drug-likeness (QED) is 0.472. The number of aromatic nitrogens is 2. The van der Waals surface area contributed by atoms with Gasteiger partial charge in [-0.25, -0.2) is 4.39 Å². The van der Waals surface area contributed by atoms with Gasteiger partial charge in [0.2, 0.25) is 0 Å². The normalized spacial score (nSPS) is 11.3. The summed E-state index contributed by atoms with van der Waals surface area (Å²) in [5.41, 5.74) is 4.74. The summed E-state index contributed by atoms with van der Waals surface area (Å²) in [5, 5.41) is 0. The van der Waals surface area contributed by atoms with Gasteiger partial charge in [0, 0.05) is 10.5 Å². The van der Waals surface area contributed by atoms with E-state index in [1.165, 1.54) is 11.6 Å². The zero-order valence-corrected chi connectivity index (χ0v) is 15.3. The maximum absolute atomic E-state index is 13.7. The fraction of sp³-hybridized carbons (Fsp3) is 0.133. The Morgan fingerprint density at radius 3 is 2.48 bits per heavy atom. The molecule has 0 aliphatic heterocycles. The Balaban J connectivity index is 2.44. The Labute approximate surface area is 143 Å². The number of aromatic amines is 1. The van der Waals surface area contributed by atoms with Gasteiger partial charge in [-0.2, -0.15) is 0 Å². The lowest BCUT2D eigenvalue weighted by atomic mass is 10.1. The molecule has 108 valence electrons. The Kier molecular flexibility index (Phi) is 3.80. The molecule has 0 radical (unpaired) electrons. The SMILES string of the molecule is Cc1cc(C)c(-n2c(=S)[nH]c3cc(F)c(Br)cc32)c(Br)c1. The number of benzene rings is 2. The van der Waals surface area contributed by atoms with Crippen LogP contribution in [0.1, 0.15) is 11.1 Å². The molecule has 1 N–H and O–H groups in total. The number of hydrogen-bond acceptors (Lipinski definition) is 1. The fourth-order valence-electron chi connectivity index (χ4n) is 2.52. The maximum atomic E-state index is 13.7. The largest absolute Gasteiger partial charge is 0.330 e. The predicted octanol–water partition coefficient (Wildman–Crippen LogP) is 5.97. The molecular formula is C15H11Br2FN2S. The predicted molar refractivity (Wildman–Crippen MR) is 93.3 cm³/mol. The van der Waals surface area contributed by atoms with Crippen molar-refractivity contribution in [1.82, 2.24) is 9.55 Å². The molecule has 0 aliphatic carbocycles. The molecule has 2 nitrogen and oxygen atoms in total. The first-order valence-corrected chi connectivity index (χ1v) is 8.25. The van der Waals surface area contributed by atoms with Crippen LogP contribution in [0.3, 0.4) is 0 Å². The zero-order chi connectivity index (χ0) is 15.3. The summed E-state index contributed by atoms with van der Waals surface area (Å²) in [5.74, 6) is -0.314. The number of halogens is 3. The van der Waals surface area contributed by atoms with Gasteiger partial charge in [-0.05, 0) is 81.2 Å². The van der Waals surface area contributed by atoms with E-state index in [0.29, 0.717) is 14.8 Å². The minimum absolute atomic E-state index is 0.314. The van der Waals surface area contributed by atoms with E-state index in [1.54, 1.807) is 6.07 Å². The molecule has 0 fully saturated rings. The van der Waals surface area contributed by atoms with Crippen LogP contribution < -0.4 is 0 Å². The molecule has 6 heteroatoms. The first kappa shape index (κ1) is 14.9. The van der Waals surface area contributed by atoms with E-state index in [4.69, 9.17) is 12.2 Å². The summed E-state index contributed by atoms with van der Waals surface area (Å²) in [6.45, 7) is 4.08. The molecule has 0 unspecified atom stereocenters. The lowest BCUT2D eigenvalue weighted by molar-refractivity contribution is 0.623. The Morgan fingerprint density at radius 1 is 1.10 bits per heavy atom. The number of nitrogens with one attached hydrogen (secondary N) is 1. The third kappa shape index (κ3) is 2.49. The molecule has 0 amide bonds. The van der Waals surface area contributed by atoms with Gasteiger partial charge in [0.05, 0.1) is 21.2 Å². The van der Waals surface area contributed by atoms with Crippen molar-refractivity contribution in [1.29, 1.82) is 0 Å². The standard InChI is InChI=1S/C15H11Br2FN2S/c1-7-3-8(2)14(10(17)4-7)20-13-5-9(16)11(18)6-12(13)19-15(20)21/h3-6H,1-2H3,(H,19,21). The van der Waals surface area contributed by atoms with Gasteiger partial charge in [-0.3, -0.25) is 4.57 Å². The second-order valence-electron chi connectivity index (χ2n) is 4.96. The molecule has 0 spiro atoms. The van der Waals surface area contributed by atoms with E-state index in [0.717, 1.165) is 21.2 Å². The number of nitrogens with zero attached hydrogens (tertiary/aromatic N) is 1. The zero-order valence-electron chi connectivity index (χ0n) is 11.3. The lowest BCUT2D eigenvalue weighted by Crippen LogP contribution is -1.99. The van der Waals surface area contributed by atoms with Gasteiger partial charge in [0.25, 0.3) is 0 Å². The highest BCUT2D eigenvalue weighted by molar-refractivity contribution is 9.10. The van der Waals surface area contributed by atoms with Crippen molar-refractivity contribution >= 4 is 55.1 Å². The van der Waals surface area contributed by atoms with Crippen LogP contribution in [-0.4, -0.2) is 9.55 Å². The van der Waals surface area contributed by atoms with Gasteiger partial charge in [-0.1, -0.05) is 6.07 Å². The van der Waals surface area contributed by atoms with Crippen LogP contribution in [0, 0.1) is 24.4 Å². The number of aryl methyl sites for hydroxylation is 2. The second kappa shape index (κ2) is 5.34. The van der Waals surface area contributed by atoms with Crippen molar-refractivity contribution in [3.63, 3.8) is 0 Å². The maximum Gasteiger partial charge on any atom is 0.182 e. The number of hydrogen-bond donors (Lipinski definition) is 1. The lowest BCUT2D eigenvalue weighted by Gasteiger charge is -2.12. The first-order valence-electron chi connectivity index (χ1n) is 6.25. The highest BCUT2D eigenvalue weighted by atomic mass is 79.9.